The Bertz CT molecular complexity index is 445. The van der Waals surface area contributed by atoms with E-state index in [1.165, 1.54) is 24.3 Å². The number of ether oxygens (including phenoxy) is 1. The van der Waals surface area contributed by atoms with Crippen molar-refractivity contribution in [2.45, 2.75) is 32.5 Å². The van der Waals surface area contributed by atoms with Crippen molar-refractivity contribution in [1.82, 2.24) is 0 Å². The molecule has 0 saturated carbocycles. The van der Waals surface area contributed by atoms with Crippen LogP contribution < -0.4 is 0 Å². The second kappa shape index (κ2) is 5.16. The van der Waals surface area contributed by atoms with Crippen LogP contribution in [0.4, 0.5) is 4.39 Å². The van der Waals surface area contributed by atoms with Gasteiger partial charge in [-0.1, -0.05) is 12.1 Å². The van der Waals surface area contributed by atoms with E-state index >= 15 is 0 Å². The van der Waals surface area contributed by atoms with E-state index in [9.17, 15) is 14.0 Å². The molecule has 0 aliphatic heterocycles. The summed E-state index contributed by atoms with van der Waals surface area (Å²) in [5.41, 5.74) is -0.361. The van der Waals surface area contributed by atoms with E-state index in [1.54, 1.807) is 20.8 Å². The number of rotatable bonds is 3. The number of carboxylic acids is 1. The Morgan fingerprint density at radius 2 is 1.72 bits per heavy atom. The van der Waals surface area contributed by atoms with Crippen molar-refractivity contribution in [2.24, 2.45) is 0 Å². The van der Waals surface area contributed by atoms with Crippen molar-refractivity contribution in [3.8, 4) is 0 Å². The Morgan fingerprint density at radius 1 is 1.22 bits per heavy atom. The Hall–Kier alpha value is -1.91. The van der Waals surface area contributed by atoms with Crippen molar-refractivity contribution in [3.05, 3.63) is 35.4 Å². The molecule has 18 heavy (non-hydrogen) atoms. The fourth-order valence-electron chi connectivity index (χ4n) is 1.27. The van der Waals surface area contributed by atoms with Gasteiger partial charge in [0, 0.05) is 0 Å². The normalized spacial score (nSPS) is 12.9. The summed E-state index contributed by atoms with van der Waals surface area (Å²) in [6.45, 7) is 5.21. The van der Waals surface area contributed by atoms with Crippen LogP contribution >= 0.6 is 0 Å². The molecule has 0 heterocycles. The van der Waals surface area contributed by atoms with Crippen LogP contribution in [-0.2, 0) is 9.53 Å². The zero-order valence-electron chi connectivity index (χ0n) is 10.4. The lowest BCUT2D eigenvalue weighted by Crippen LogP contribution is -2.23. The summed E-state index contributed by atoms with van der Waals surface area (Å²) >= 11 is 0. The molecular weight excluding hydrogens is 239 g/mol. The first-order valence-corrected chi connectivity index (χ1v) is 5.41. The summed E-state index contributed by atoms with van der Waals surface area (Å²) < 4.78 is 18.3. The molecule has 0 saturated heterocycles. The molecule has 98 valence electrons. The van der Waals surface area contributed by atoms with E-state index in [4.69, 9.17) is 9.84 Å². The SMILES string of the molecule is CC(C)(C)OC(=O)c1ccc([C@H](F)C(=O)O)cc1. The van der Waals surface area contributed by atoms with Gasteiger partial charge in [0.2, 0.25) is 6.17 Å². The predicted octanol–water partition coefficient (Wildman–Crippen LogP) is 2.74. The second-order valence-corrected chi connectivity index (χ2v) is 4.82. The number of carbonyl (C=O) groups excluding carboxylic acids is 1. The van der Waals surface area contributed by atoms with Crippen molar-refractivity contribution in [2.75, 3.05) is 0 Å². The van der Waals surface area contributed by atoms with E-state index < -0.39 is 23.7 Å². The van der Waals surface area contributed by atoms with Gasteiger partial charge in [-0.25, -0.2) is 14.0 Å². The summed E-state index contributed by atoms with van der Waals surface area (Å²) in [7, 11) is 0. The molecule has 1 N–H and O–H groups in total. The molecule has 0 aliphatic carbocycles. The van der Waals surface area contributed by atoms with Crippen molar-refractivity contribution >= 4 is 11.9 Å². The van der Waals surface area contributed by atoms with E-state index in [-0.39, 0.29) is 11.1 Å². The third-order valence-electron chi connectivity index (χ3n) is 2.05. The summed E-state index contributed by atoms with van der Waals surface area (Å²) in [6.07, 6.45) is -2.09. The molecule has 1 atom stereocenters. The molecule has 0 bridgehead atoms. The monoisotopic (exact) mass is 254 g/mol. The van der Waals surface area contributed by atoms with Crippen molar-refractivity contribution in [1.29, 1.82) is 0 Å². The van der Waals surface area contributed by atoms with E-state index in [1.807, 2.05) is 0 Å². The second-order valence-electron chi connectivity index (χ2n) is 4.82. The number of esters is 1. The maximum atomic E-state index is 13.1. The van der Waals surface area contributed by atoms with Gasteiger partial charge in [0.25, 0.3) is 0 Å². The minimum Gasteiger partial charge on any atom is -0.479 e. The highest BCUT2D eigenvalue weighted by Crippen LogP contribution is 2.19. The van der Waals surface area contributed by atoms with Gasteiger partial charge in [-0.3, -0.25) is 0 Å². The smallest absolute Gasteiger partial charge is 0.343 e. The first kappa shape index (κ1) is 14.2. The van der Waals surface area contributed by atoms with Gasteiger partial charge < -0.3 is 9.84 Å². The Labute approximate surface area is 104 Å². The first-order valence-electron chi connectivity index (χ1n) is 5.41. The zero-order valence-corrected chi connectivity index (χ0v) is 10.4. The summed E-state index contributed by atoms with van der Waals surface area (Å²) in [6, 6.07) is 5.22. The van der Waals surface area contributed by atoms with Crippen molar-refractivity contribution < 1.29 is 23.8 Å². The Morgan fingerprint density at radius 3 is 2.11 bits per heavy atom. The summed E-state index contributed by atoms with van der Waals surface area (Å²) in [5, 5.41) is 8.50. The van der Waals surface area contributed by atoms with Crippen LogP contribution in [0.3, 0.4) is 0 Å². The van der Waals surface area contributed by atoms with E-state index in [0.29, 0.717) is 0 Å². The molecule has 0 amide bonds. The third kappa shape index (κ3) is 3.84. The minimum atomic E-state index is -2.09. The number of hydrogen-bond acceptors (Lipinski definition) is 3. The molecule has 4 nitrogen and oxygen atoms in total. The number of aliphatic carboxylic acids is 1. The van der Waals surface area contributed by atoms with Gasteiger partial charge in [-0.15, -0.1) is 0 Å². The molecule has 1 aromatic carbocycles. The molecule has 1 aromatic rings. The number of carbonyl (C=O) groups is 2. The van der Waals surface area contributed by atoms with Gasteiger partial charge in [0.05, 0.1) is 5.56 Å². The molecule has 0 radical (unpaired) electrons. The Kier molecular flexibility index (Phi) is 4.06. The lowest BCUT2D eigenvalue weighted by Gasteiger charge is -2.19. The maximum Gasteiger partial charge on any atom is 0.343 e. The van der Waals surface area contributed by atoms with Gasteiger partial charge in [-0.05, 0) is 38.5 Å². The average Bonchev–Trinajstić information content (AvgIpc) is 2.26. The summed E-state index contributed by atoms with van der Waals surface area (Å²) in [4.78, 5) is 22.1. The number of hydrogen-bond donors (Lipinski definition) is 1. The van der Waals surface area contributed by atoms with Gasteiger partial charge in [0.15, 0.2) is 0 Å². The third-order valence-corrected chi connectivity index (χ3v) is 2.05. The highest BCUT2D eigenvalue weighted by atomic mass is 19.1. The molecule has 0 spiro atoms. The minimum absolute atomic E-state index is 0.00481. The molecule has 5 heteroatoms. The number of halogens is 1. The van der Waals surface area contributed by atoms with Crippen LogP contribution in [0, 0.1) is 0 Å². The Balaban J connectivity index is 2.83. The fraction of sp³-hybridized carbons (Fsp3) is 0.385. The lowest BCUT2D eigenvalue weighted by molar-refractivity contribution is -0.143. The number of alkyl halides is 1. The standard InChI is InChI=1S/C13H15FO4/c1-13(2,3)18-12(17)9-6-4-8(5-7-9)10(14)11(15)16/h4-7,10H,1-3H3,(H,15,16)/t10-/m0/s1. The van der Waals surface area contributed by atoms with Crippen LogP contribution in [0.25, 0.3) is 0 Å². The van der Waals surface area contributed by atoms with Crippen LogP contribution in [0.2, 0.25) is 0 Å². The predicted molar refractivity (Wildman–Crippen MR) is 63.1 cm³/mol. The average molecular weight is 254 g/mol. The highest BCUT2D eigenvalue weighted by molar-refractivity contribution is 5.89. The number of carboxylic acid groups (broad SMARTS) is 1. The quantitative estimate of drug-likeness (QED) is 0.842. The van der Waals surface area contributed by atoms with Gasteiger partial charge in [0.1, 0.15) is 5.60 Å². The van der Waals surface area contributed by atoms with Gasteiger partial charge in [-0.2, -0.15) is 0 Å². The molecule has 0 aromatic heterocycles. The topological polar surface area (TPSA) is 63.6 Å². The number of benzene rings is 1. The molecule has 0 unspecified atom stereocenters. The molecule has 1 rings (SSSR count). The van der Waals surface area contributed by atoms with Crippen molar-refractivity contribution in [3.63, 3.8) is 0 Å². The lowest BCUT2D eigenvalue weighted by atomic mass is 10.1. The van der Waals surface area contributed by atoms with Gasteiger partial charge >= 0.3 is 11.9 Å². The first-order chi connectivity index (χ1) is 8.20. The molecule has 0 fully saturated rings. The zero-order chi connectivity index (χ0) is 13.9. The maximum absolute atomic E-state index is 13.1. The molecular formula is C13H15FO4. The highest BCUT2D eigenvalue weighted by Gasteiger charge is 2.20. The van der Waals surface area contributed by atoms with Crippen LogP contribution in [0.1, 0.15) is 42.9 Å². The largest absolute Gasteiger partial charge is 0.479 e. The van der Waals surface area contributed by atoms with E-state index in [0.717, 1.165) is 0 Å². The van der Waals surface area contributed by atoms with Crippen LogP contribution in [-0.4, -0.2) is 22.6 Å². The van der Waals surface area contributed by atoms with E-state index in [2.05, 4.69) is 0 Å². The van der Waals surface area contributed by atoms with Crippen LogP contribution in [0.15, 0.2) is 24.3 Å². The van der Waals surface area contributed by atoms with Crippen LogP contribution in [0.5, 0.6) is 0 Å². The molecule has 0 aliphatic rings. The summed E-state index contributed by atoms with van der Waals surface area (Å²) in [5.74, 6) is -2.08. The fourth-order valence-corrected chi connectivity index (χ4v) is 1.27.